The van der Waals surface area contributed by atoms with Crippen LogP contribution in [0, 0.1) is 18.2 Å². The Morgan fingerprint density at radius 1 is 1.14 bits per heavy atom. The first-order chi connectivity index (χ1) is 13.2. The first-order valence-electron chi connectivity index (χ1n) is 8.28. The molecule has 8 heteroatoms. The number of anilines is 1. The monoisotopic (exact) mass is 397 g/mol. The van der Waals surface area contributed by atoms with Crippen molar-refractivity contribution in [2.24, 2.45) is 0 Å². The topological polar surface area (TPSA) is 111 Å². The van der Waals surface area contributed by atoms with Crippen LogP contribution in [0.2, 0.25) is 0 Å². The molecule has 6 nitrogen and oxygen atoms in total. The van der Waals surface area contributed by atoms with Gasteiger partial charge < -0.3 is 15.9 Å². The standard InChI is InChI=1S/C20H18FN4O2S/c1-12-7-14(3-5-18(12)21)20-17(9-16(11-24-20)25-28(2,26)27)13-4-6-19(23)15(8-13)10-22/h3-11,22H,23H2,1-2H3/q-1. The number of nitrogens with one attached hydrogen (secondary N) is 1. The van der Waals surface area contributed by atoms with Crippen LogP contribution in [0.5, 0.6) is 0 Å². The smallest absolute Gasteiger partial charge is 0.126 e. The highest BCUT2D eigenvalue weighted by molar-refractivity contribution is 7.93. The zero-order valence-corrected chi connectivity index (χ0v) is 16.1. The lowest BCUT2D eigenvalue weighted by Gasteiger charge is -2.21. The van der Waals surface area contributed by atoms with E-state index in [1.54, 1.807) is 43.3 Å². The molecular formula is C20H18FN4O2S-. The third kappa shape index (κ3) is 4.17. The summed E-state index contributed by atoms with van der Waals surface area (Å²) < 4.78 is 40.5. The fourth-order valence-electron chi connectivity index (χ4n) is 2.80. The van der Waals surface area contributed by atoms with Gasteiger partial charge in [-0.25, -0.2) is 12.8 Å². The molecule has 0 spiro atoms. The van der Waals surface area contributed by atoms with Crippen molar-refractivity contribution < 1.29 is 12.8 Å². The van der Waals surface area contributed by atoms with Gasteiger partial charge in [-0.1, -0.05) is 12.1 Å². The van der Waals surface area contributed by atoms with Crippen LogP contribution >= 0.6 is 0 Å². The summed E-state index contributed by atoms with van der Waals surface area (Å²) in [6, 6.07) is 11.4. The maximum atomic E-state index is 13.7. The molecule has 0 aliphatic carbocycles. The molecule has 3 aromatic rings. The molecule has 0 unspecified atom stereocenters. The Morgan fingerprint density at radius 3 is 2.50 bits per heavy atom. The molecule has 0 radical (unpaired) electrons. The maximum Gasteiger partial charge on any atom is 0.126 e. The van der Waals surface area contributed by atoms with Crippen molar-refractivity contribution in [1.82, 2.24) is 4.98 Å². The van der Waals surface area contributed by atoms with Gasteiger partial charge in [0.05, 0.1) is 15.7 Å². The van der Waals surface area contributed by atoms with E-state index in [9.17, 15) is 12.8 Å². The highest BCUT2D eigenvalue weighted by Gasteiger charge is 2.12. The van der Waals surface area contributed by atoms with Crippen molar-refractivity contribution in [2.45, 2.75) is 6.92 Å². The summed E-state index contributed by atoms with van der Waals surface area (Å²) in [5, 5.41) is 7.51. The zero-order valence-electron chi connectivity index (χ0n) is 15.3. The number of nitrogen functional groups attached to an aromatic ring is 1. The largest absolute Gasteiger partial charge is 0.576 e. The number of hydrogen-bond donors (Lipinski definition) is 2. The molecule has 0 aliphatic rings. The van der Waals surface area contributed by atoms with Gasteiger partial charge in [-0.3, -0.25) is 4.98 Å². The van der Waals surface area contributed by atoms with E-state index in [0.29, 0.717) is 39.2 Å². The molecule has 0 saturated heterocycles. The summed E-state index contributed by atoms with van der Waals surface area (Å²) in [4.78, 5) is 4.39. The fourth-order valence-corrected chi connectivity index (χ4v) is 3.29. The first kappa shape index (κ1) is 19.5. The van der Waals surface area contributed by atoms with Gasteiger partial charge in [-0.05, 0) is 48.4 Å². The van der Waals surface area contributed by atoms with Crippen LogP contribution in [0.25, 0.3) is 27.1 Å². The van der Waals surface area contributed by atoms with Gasteiger partial charge in [0.15, 0.2) is 0 Å². The van der Waals surface area contributed by atoms with Gasteiger partial charge in [0, 0.05) is 41.0 Å². The molecule has 0 bridgehead atoms. The molecule has 28 heavy (non-hydrogen) atoms. The third-order valence-electron chi connectivity index (χ3n) is 4.13. The molecule has 0 saturated carbocycles. The van der Waals surface area contributed by atoms with E-state index in [1.807, 2.05) is 0 Å². The Bertz CT molecular complexity index is 1180. The van der Waals surface area contributed by atoms with Gasteiger partial charge >= 0.3 is 0 Å². The second-order valence-electron chi connectivity index (χ2n) is 6.37. The number of nitrogens with two attached hydrogens (primary N) is 1. The molecule has 2 aromatic carbocycles. The Labute approximate surface area is 162 Å². The van der Waals surface area contributed by atoms with E-state index in [0.717, 1.165) is 12.5 Å². The first-order valence-corrected chi connectivity index (χ1v) is 10.1. The van der Waals surface area contributed by atoms with E-state index in [-0.39, 0.29) is 11.5 Å². The molecule has 0 fully saturated rings. The number of hydrogen-bond acceptors (Lipinski definition) is 5. The van der Waals surface area contributed by atoms with E-state index in [4.69, 9.17) is 11.1 Å². The Balaban J connectivity index is 2.24. The summed E-state index contributed by atoms with van der Waals surface area (Å²) in [5.74, 6) is -0.326. The second kappa shape index (κ2) is 7.40. The molecule has 1 heterocycles. The number of sulfonamides is 1. The van der Waals surface area contributed by atoms with Crippen LogP contribution in [-0.4, -0.2) is 25.9 Å². The molecule has 3 N–H and O–H groups in total. The molecule has 3 rings (SSSR count). The number of rotatable bonds is 5. The molecule has 0 aliphatic heterocycles. The minimum absolute atomic E-state index is 0.174. The fraction of sp³-hybridized carbons (Fsp3) is 0.100. The normalized spacial score (nSPS) is 11.2. The van der Waals surface area contributed by atoms with Crippen molar-refractivity contribution >= 4 is 27.6 Å². The number of aromatic nitrogens is 1. The van der Waals surface area contributed by atoms with E-state index in [1.165, 1.54) is 12.3 Å². The number of pyridine rings is 1. The minimum atomic E-state index is -3.61. The number of aryl methyl sites for hydroxylation is 1. The summed E-state index contributed by atoms with van der Waals surface area (Å²) in [7, 11) is -3.61. The van der Waals surface area contributed by atoms with Crippen LogP contribution in [0.15, 0.2) is 48.7 Å². The van der Waals surface area contributed by atoms with E-state index in [2.05, 4.69) is 9.71 Å². The molecule has 144 valence electrons. The predicted octanol–water partition coefficient (Wildman–Crippen LogP) is 4.41. The van der Waals surface area contributed by atoms with Gasteiger partial charge in [-0.15, -0.1) is 5.69 Å². The molecular weight excluding hydrogens is 379 g/mol. The quantitative estimate of drug-likeness (QED) is 0.491. The van der Waals surface area contributed by atoms with Gasteiger partial charge in [0.25, 0.3) is 0 Å². The minimum Gasteiger partial charge on any atom is -0.576 e. The molecule has 0 atom stereocenters. The summed E-state index contributed by atoms with van der Waals surface area (Å²) >= 11 is 0. The lowest BCUT2D eigenvalue weighted by molar-refractivity contribution is 0.608. The van der Waals surface area contributed by atoms with Gasteiger partial charge in [-0.2, -0.15) is 0 Å². The lowest BCUT2D eigenvalue weighted by Crippen LogP contribution is -1.97. The van der Waals surface area contributed by atoms with Crippen molar-refractivity contribution in [3.63, 3.8) is 0 Å². The van der Waals surface area contributed by atoms with E-state index >= 15 is 0 Å². The predicted molar refractivity (Wildman–Crippen MR) is 110 cm³/mol. The van der Waals surface area contributed by atoms with Crippen LogP contribution in [-0.2, 0) is 10.0 Å². The molecule has 0 amide bonds. The zero-order chi connectivity index (χ0) is 20.5. The van der Waals surface area contributed by atoms with Crippen molar-refractivity contribution in [2.75, 3.05) is 12.0 Å². The number of benzene rings is 2. The van der Waals surface area contributed by atoms with Crippen molar-refractivity contribution in [1.29, 1.82) is 5.41 Å². The SMILES string of the molecule is Cc1cc(-c2ncc([N-]S(C)(=O)=O)cc2-c2ccc(N)c(C=N)c2)ccc1F. The number of nitrogens with zero attached hydrogens (tertiary/aromatic N) is 2. The van der Waals surface area contributed by atoms with Gasteiger partial charge in [0.2, 0.25) is 0 Å². The summed E-state index contributed by atoms with van der Waals surface area (Å²) in [5.41, 5.74) is 9.97. The highest BCUT2D eigenvalue weighted by Crippen LogP contribution is 2.36. The average Bonchev–Trinajstić information content (AvgIpc) is 2.63. The van der Waals surface area contributed by atoms with Crippen molar-refractivity contribution in [3.8, 4) is 22.4 Å². The average molecular weight is 397 g/mol. The summed E-state index contributed by atoms with van der Waals surface area (Å²) in [6.07, 6.45) is 3.49. The van der Waals surface area contributed by atoms with E-state index < -0.39 is 10.0 Å². The molecule has 1 aromatic heterocycles. The second-order valence-corrected chi connectivity index (χ2v) is 8.01. The maximum absolute atomic E-state index is 13.7. The Morgan fingerprint density at radius 2 is 1.86 bits per heavy atom. The lowest BCUT2D eigenvalue weighted by atomic mass is 9.96. The highest BCUT2D eigenvalue weighted by atomic mass is 32.2. The van der Waals surface area contributed by atoms with Crippen LogP contribution in [0.4, 0.5) is 15.8 Å². The van der Waals surface area contributed by atoms with Crippen LogP contribution < -0.4 is 5.73 Å². The third-order valence-corrected chi connectivity index (χ3v) is 4.67. The Kier molecular flexibility index (Phi) is 5.15. The van der Waals surface area contributed by atoms with Crippen LogP contribution in [0.1, 0.15) is 11.1 Å². The Hall–Kier alpha value is -3.26. The van der Waals surface area contributed by atoms with Gasteiger partial charge in [0.1, 0.15) is 5.82 Å². The van der Waals surface area contributed by atoms with Crippen molar-refractivity contribution in [3.05, 3.63) is 70.3 Å². The summed E-state index contributed by atoms with van der Waals surface area (Å²) in [6.45, 7) is 1.65. The number of halogens is 1. The van der Waals surface area contributed by atoms with Crippen LogP contribution in [0.3, 0.4) is 0 Å².